The summed E-state index contributed by atoms with van der Waals surface area (Å²) >= 11 is 0. The third kappa shape index (κ3) is 2.08. The summed E-state index contributed by atoms with van der Waals surface area (Å²) in [6.45, 7) is 3.86. The summed E-state index contributed by atoms with van der Waals surface area (Å²) in [5.41, 5.74) is 2.78. The van der Waals surface area contributed by atoms with Crippen molar-refractivity contribution in [3.8, 4) is 0 Å². The Balaban J connectivity index is 1.88. The van der Waals surface area contributed by atoms with Crippen LogP contribution in [0.1, 0.15) is 25.0 Å². The van der Waals surface area contributed by atoms with Crippen LogP contribution < -0.4 is 5.32 Å². The Morgan fingerprint density at radius 2 is 2.04 bits per heavy atom. The molecule has 2 aliphatic heterocycles. The van der Waals surface area contributed by atoms with E-state index in [1.807, 2.05) is 26.0 Å². The van der Waals surface area contributed by atoms with Crippen molar-refractivity contribution in [1.29, 1.82) is 0 Å². The summed E-state index contributed by atoms with van der Waals surface area (Å²) in [7, 11) is 0. The lowest BCUT2D eigenvalue weighted by Gasteiger charge is -2.22. The molecule has 0 spiro atoms. The van der Waals surface area contributed by atoms with E-state index in [1.54, 1.807) is 18.6 Å². The molecule has 4 nitrogen and oxygen atoms in total. The van der Waals surface area contributed by atoms with Gasteiger partial charge in [-0.3, -0.25) is 4.79 Å². The standard InChI is InChI=1S/C18H14FNO3/c1-18(2)13(10-5-6-22-9-10)8-15(23-18)16-12-4-3-11(19)7-14(12)20-17(16)21/h3-9H,1-2H3,(H,20,21). The molecule has 23 heavy (non-hydrogen) atoms. The fourth-order valence-electron chi connectivity index (χ4n) is 3.03. The van der Waals surface area contributed by atoms with Crippen molar-refractivity contribution in [3.05, 3.63) is 65.6 Å². The second-order valence-corrected chi connectivity index (χ2v) is 6.07. The summed E-state index contributed by atoms with van der Waals surface area (Å²) in [6.07, 6.45) is 5.08. The predicted octanol–water partition coefficient (Wildman–Crippen LogP) is 3.97. The van der Waals surface area contributed by atoms with Crippen LogP contribution in [0.25, 0.3) is 11.1 Å². The average Bonchev–Trinajstić information content (AvgIpc) is 3.15. The van der Waals surface area contributed by atoms with E-state index in [0.29, 0.717) is 22.6 Å². The van der Waals surface area contributed by atoms with E-state index in [2.05, 4.69) is 5.32 Å². The first kappa shape index (κ1) is 13.8. The third-order valence-electron chi connectivity index (χ3n) is 4.09. The SMILES string of the molecule is CC1(C)OC(=C2C(=O)Nc3cc(F)ccc32)C=C1c1ccoc1. The van der Waals surface area contributed by atoms with Crippen LogP contribution in [0.3, 0.4) is 0 Å². The minimum Gasteiger partial charge on any atom is -0.482 e. The Bertz CT molecular complexity index is 876. The van der Waals surface area contributed by atoms with Gasteiger partial charge in [-0.15, -0.1) is 0 Å². The van der Waals surface area contributed by atoms with Gasteiger partial charge in [0, 0.05) is 16.7 Å². The highest BCUT2D eigenvalue weighted by Crippen LogP contribution is 2.44. The summed E-state index contributed by atoms with van der Waals surface area (Å²) in [5, 5.41) is 2.68. The molecule has 1 aromatic carbocycles. The molecule has 1 amide bonds. The monoisotopic (exact) mass is 311 g/mol. The second-order valence-electron chi connectivity index (χ2n) is 6.07. The first-order chi connectivity index (χ1) is 11.0. The van der Waals surface area contributed by atoms with Gasteiger partial charge in [0.05, 0.1) is 23.8 Å². The Labute approximate surface area is 132 Å². The normalized spacial score (nSPS) is 21.7. The van der Waals surface area contributed by atoms with Crippen molar-refractivity contribution in [2.45, 2.75) is 19.4 Å². The first-order valence-corrected chi connectivity index (χ1v) is 7.25. The van der Waals surface area contributed by atoms with E-state index in [-0.39, 0.29) is 5.91 Å². The van der Waals surface area contributed by atoms with Crippen molar-refractivity contribution >= 4 is 22.7 Å². The molecule has 1 aromatic heterocycles. The van der Waals surface area contributed by atoms with E-state index >= 15 is 0 Å². The largest absolute Gasteiger partial charge is 0.482 e. The molecule has 2 aliphatic rings. The van der Waals surface area contributed by atoms with Gasteiger partial charge in [0.15, 0.2) is 0 Å². The minimum atomic E-state index is -0.588. The van der Waals surface area contributed by atoms with Crippen LogP contribution in [-0.2, 0) is 9.53 Å². The summed E-state index contributed by atoms with van der Waals surface area (Å²) < 4.78 is 24.5. The number of hydrogen-bond donors (Lipinski definition) is 1. The number of carbonyl (C=O) groups excluding carboxylic acids is 1. The Kier molecular flexibility index (Phi) is 2.75. The summed E-state index contributed by atoms with van der Waals surface area (Å²) in [4.78, 5) is 12.3. The zero-order valence-corrected chi connectivity index (χ0v) is 12.6. The number of furan rings is 1. The molecule has 0 radical (unpaired) electrons. The van der Waals surface area contributed by atoms with E-state index < -0.39 is 11.4 Å². The zero-order valence-electron chi connectivity index (χ0n) is 12.6. The smallest absolute Gasteiger partial charge is 0.260 e. The maximum absolute atomic E-state index is 13.3. The van der Waals surface area contributed by atoms with E-state index in [1.165, 1.54) is 12.1 Å². The van der Waals surface area contributed by atoms with E-state index in [9.17, 15) is 9.18 Å². The lowest BCUT2D eigenvalue weighted by atomic mass is 9.94. The number of rotatable bonds is 1. The Hall–Kier alpha value is -2.82. The maximum Gasteiger partial charge on any atom is 0.260 e. The molecular weight excluding hydrogens is 297 g/mol. The molecule has 4 rings (SSSR count). The fraction of sp³-hybridized carbons (Fsp3) is 0.167. The lowest BCUT2D eigenvalue weighted by Crippen LogP contribution is -2.21. The molecule has 0 fully saturated rings. The molecule has 0 saturated heterocycles. The Morgan fingerprint density at radius 3 is 2.78 bits per heavy atom. The van der Waals surface area contributed by atoms with Gasteiger partial charge < -0.3 is 14.5 Å². The predicted molar refractivity (Wildman–Crippen MR) is 83.8 cm³/mol. The molecule has 0 unspecified atom stereocenters. The quantitative estimate of drug-likeness (QED) is 0.811. The number of hydrogen-bond acceptors (Lipinski definition) is 3. The number of amides is 1. The molecule has 116 valence electrons. The summed E-state index contributed by atoms with van der Waals surface area (Å²) in [5.74, 6) is -0.201. The van der Waals surface area contributed by atoms with Crippen LogP contribution in [0.5, 0.6) is 0 Å². The molecule has 0 saturated carbocycles. The maximum atomic E-state index is 13.3. The van der Waals surface area contributed by atoms with Crippen molar-refractivity contribution in [1.82, 2.24) is 0 Å². The van der Waals surface area contributed by atoms with Gasteiger partial charge >= 0.3 is 0 Å². The van der Waals surface area contributed by atoms with Gasteiger partial charge in [-0.25, -0.2) is 4.39 Å². The number of allylic oxidation sites excluding steroid dienone is 1. The number of nitrogens with one attached hydrogen (secondary N) is 1. The highest BCUT2D eigenvalue weighted by molar-refractivity contribution is 6.32. The van der Waals surface area contributed by atoms with Crippen LogP contribution >= 0.6 is 0 Å². The van der Waals surface area contributed by atoms with Crippen LogP contribution in [0.15, 0.2) is 53.0 Å². The highest BCUT2D eigenvalue weighted by atomic mass is 19.1. The number of carbonyl (C=O) groups is 1. The van der Waals surface area contributed by atoms with Gasteiger partial charge in [0.25, 0.3) is 5.91 Å². The summed E-state index contributed by atoms with van der Waals surface area (Å²) in [6, 6.07) is 6.08. The van der Waals surface area contributed by atoms with Crippen molar-refractivity contribution in [2.24, 2.45) is 0 Å². The average molecular weight is 311 g/mol. The number of fused-ring (bicyclic) bond motifs is 1. The number of anilines is 1. The van der Waals surface area contributed by atoms with Gasteiger partial charge in [-0.05, 0) is 44.2 Å². The number of benzene rings is 1. The molecule has 1 N–H and O–H groups in total. The van der Waals surface area contributed by atoms with Crippen molar-refractivity contribution in [3.63, 3.8) is 0 Å². The zero-order chi connectivity index (χ0) is 16.2. The number of halogens is 1. The van der Waals surface area contributed by atoms with Crippen LogP contribution in [0, 0.1) is 5.82 Å². The van der Waals surface area contributed by atoms with Crippen LogP contribution in [0.2, 0.25) is 0 Å². The van der Waals surface area contributed by atoms with Crippen molar-refractivity contribution < 1.29 is 18.3 Å². The lowest BCUT2D eigenvalue weighted by molar-refractivity contribution is -0.111. The second kappa shape index (κ2) is 4.59. The fourth-order valence-corrected chi connectivity index (χ4v) is 3.03. The molecule has 3 heterocycles. The first-order valence-electron chi connectivity index (χ1n) is 7.25. The van der Waals surface area contributed by atoms with E-state index in [4.69, 9.17) is 9.15 Å². The molecule has 0 bridgehead atoms. The van der Waals surface area contributed by atoms with Gasteiger partial charge in [-0.1, -0.05) is 0 Å². The van der Waals surface area contributed by atoms with E-state index in [0.717, 1.165) is 11.1 Å². The van der Waals surface area contributed by atoms with Crippen LogP contribution in [0.4, 0.5) is 10.1 Å². The van der Waals surface area contributed by atoms with Gasteiger partial charge in [0.1, 0.15) is 17.2 Å². The number of ether oxygens (including phenoxy) is 1. The molecular formula is C18H14FNO3. The molecule has 5 heteroatoms. The highest BCUT2D eigenvalue weighted by Gasteiger charge is 2.38. The van der Waals surface area contributed by atoms with Crippen molar-refractivity contribution in [2.75, 3.05) is 5.32 Å². The third-order valence-corrected chi connectivity index (χ3v) is 4.09. The minimum absolute atomic E-state index is 0.291. The molecule has 0 atom stereocenters. The Morgan fingerprint density at radius 1 is 1.22 bits per heavy atom. The van der Waals surface area contributed by atoms with Gasteiger partial charge in [0.2, 0.25) is 0 Å². The molecule has 0 aliphatic carbocycles. The van der Waals surface area contributed by atoms with Crippen LogP contribution in [-0.4, -0.2) is 11.5 Å². The topological polar surface area (TPSA) is 51.5 Å². The molecule has 2 aromatic rings. The van der Waals surface area contributed by atoms with Gasteiger partial charge in [-0.2, -0.15) is 0 Å².